The van der Waals surface area contributed by atoms with Crippen LogP contribution in [-0.2, 0) is 21.2 Å². The molecule has 2 aromatic rings. The molecular formula is C22H26ClNO4S. The molecule has 3 rings (SSSR count). The highest BCUT2D eigenvalue weighted by Gasteiger charge is 2.34. The lowest BCUT2D eigenvalue weighted by atomic mass is 10.0. The highest BCUT2D eigenvalue weighted by atomic mass is 35.5. The molecule has 0 N–H and O–H groups in total. The van der Waals surface area contributed by atoms with Crippen molar-refractivity contribution in [1.82, 2.24) is 4.90 Å². The quantitative estimate of drug-likeness (QED) is 0.657. The fourth-order valence-corrected chi connectivity index (χ4v) is 5.26. The number of carbonyl (C=O) groups is 1. The van der Waals surface area contributed by atoms with E-state index in [2.05, 4.69) is 13.8 Å². The summed E-state index contributed by atoms with van der Waals surface area (Å²) >= 11 is 5.94. The van der Waals surface area contributed by atoms with E-state index in [1.54, 1.807) is 17.0 Å². The molecule has 1 saturated heterocycles. The molecule has 0 aromatic heterocycles. The fraction of sp³-hybridized carbons (Fsp3) is 0.409. The van der Waals surface area contributed by atoms with Crippen molar-refractivity contribution in [3.63, 3.8) is 0 Å². The van der Waals surface area contributed by atoms with Crippen LogP contribution in [0.2, 0.25) is 5.02 Å². The van der Waals surface area contributed by atoms with Crippen molar-refractivity contribution < 1.29 is 17.9 Å². The summed E-state index contributed by atoms with van der Waals surface area (Å²) in [6.07, 6.45) is 0.449. The summed E-state index contributed by atoms with van der Waals surface area (Å²) in [5.74, 6) is 0.919. The van der Waals surface area contributed by atoms with Gasteiger partial charge in [0.25, 0.3) is 5.91 Å². The van der Waals surface area contributed by atoms with Gasteiger partial charge in [-0.2, -0.15) is 0 Å². The van der Waals surface area contributed by atoms with Crippen LogP contribution < -0.4 is 4.74 Å². The summed E-state index contributed by atoms with van der Waals surface area (Å²) in [6, 6.07) is 14.6. The minimum absolute atomic E-state index is 0.00455. The summed E-state index contributed by atoms with van der Waals surface area (Å²) in [6.45, 7) is 4.42. The molecule has 1 fully saturated rings. The van der Waals surface area contributed by atoms with Crippen LogP contribution in [0.3, 0.4) is 0 Å². The minimum atomic E-state index is -3.11. The van der Waals surface area contributed by atoms with Gasteiger partial charge in [0, 0.05) is 17.6 Å². The molecule has 0 saturated carbocycles. The maximum atomic E-state index is 12.9. The molecule has 29 heavy (non-hydrogen) atoms. The lowest BCUT2D eigenvalue weighted by Crippen LogP contribution is -2.43. The Morgan fingerprint density at radius 2 is 1.79 bits per heavy atom. The monoisotopic (exact) mass is 435 g/mol. The standard InChI is InChI=1S/C22H26ClNO4S/c1-16(2)18-5-9-21(10-6-18)28-14-22(25)24(20-11-12-29(26,27)15-20)13-17-3-7-19(23)8-4-17/h3-10,16,20H,11-15H2,1-2H3. The van der Waals surface area contributed by atoms with Gasteiger partial charge in [0.15, 0.2) is 16.4 Å². The second-order valence-electron chi connectivity index (χ2n) is 7.72. The second-order valence-corrected chi connectivity index (χ2v) is 10.4. The van der Waals surface area contributed by atoms with Crippen molar-refractivity contribution in [2.24, 2.45) is 0 Å². The van der Waals surface area contributed by atoms with Gasteiger partial charge in [-0.05, 0) is 47.7 Å². The third kappa shape index (κ3) is 5.97. The first-order chi connectivity index (χ1) is 13.7. The Bertz CT molecular complexity index is 940. The van der Waals surface area contributed by atoms with Crippen LogP contribution in [0.5, 0.6) is 5.75 Å². The third-order valence-electron chi connectivity index (χ3n) is 5.14. The predicted molar refractivity (Wildman–Crippen MR) is 115 cm³/mol. The van der Waals surface area contributed by atoms with E-state index in [1.807, 2.05) is 36.4 Å². The van der Waals surface area contributed by atoms with E-state index in [0.717, 1.165) is 5.56 Å². The Kier molecular flexibility index (Phi) is 6.85. The van der Waals surface area contributed by atoms with E-state index in [9.17, 15) is 13.2 Å². The molecule has 0 bridgehead atoms. The highest BCUT2D eigenvalue weighted by molar-refractivity contribution is 7.91. The largest absolute Gasteiger partial charge is 0.484 e. The first-order valence-electron chi connectivity index (χ1n) is 9.70. The number of ether oxygens (including phenoxy) is 1. The van der Waals surface area contributed by atoms with E-state index in [-0.39, 0.29) is 30.1 Å². The van der Waals surface area contributed by atoms with Gasteiger partial charge in [0.1, 0.15) is 5.75 Å². The van der Waals surface area contributed by atoms with Gasteiger partial charge in [-0.25, -0.2) is 8.42 Å². The smallest absolute Gasteiger partial charge is 0.261 e. The lowest BCUT2D eigenvalue weighted by Gasteiger charge is -2.28. The predicted octanol–water partition coefficient (Wildman–Crippen LogP) is 4.06. The third-order valence-corrected chi connectivity index (χ3v) is 7.15. The van der Waals surface area contributed by atoms with Gasteiger partial charge >= 0.3 is 0 Å². The van der Waals surface area contributed by atoms with Crippen LogP contribution in [0.1, 0.15) is 37.3 Å². The zero-order valence-electron chi connectivity index (χ0n) is 16.7. The van der Waals surface area contributed by atoms with Gasteiger partial charge in [-0.15, -0.1) is 0 Å². The van der Waals surface area contributed by atoms with Gasteiger partial charge in [-0.3, -0.25) is 4.79 Å². The molecule has 0 spiro atoms. The van der Waals surface area contributed by atoms with Crippen LogP contribution in [0.15, 0.2) is 48.5 Å². The second kappa shape index (κ2) is 9.18. The van der Waals surface area contributed by atoms with Crippen molar-refractivity contribution in [3.05, 3.63) is 64.7 Å². The SMILES string of the molecule is CC(C)c1ccc(OCC(=O)N(Cc2ccc(Cl)cc2)C2CCS(=O)(=O)C2)cc1. The first kappa shape index (κ1) is 21.7. The summed E-state index contributed by atoms with van der Waals surface area (Å²) in [5.41, 5.74) is 2.09. The highest BCUT2D eigenvalue weighted by Crippen LogP contribution is 2.22. The van der Waals surface area contributed by atoms with Gasteiger partial charge in [-0.1, -0.05) is 49.7 Å². The van der Waals surface area contributed by atoms with Crippen LogP contribution in [0.4, 0.5) is 0 Å². The molecule has 1 aliphatic heterocycles. The number of amides is 1. The van der Waals surface area contributed by atoms with Crippen LogP contribution in [-0.4, -0.2) is 43.4 Å². The molecule has 7 heteroatoms. The van der Waals surface area contributed by atoms with Crippen molar-refractivity contribution >= 4 is 27.3 Å². The Labute approximate surface area is 177 Å². The molecule has 2 aromatic carbocycles. The van der Waals surface area contributed by atoms with Gasteiger partial charge in [0.05, 0.1) is 11.5 Å². The molecule has 1 amide bonds. The maximum Gasteiger partial charge on any atom is 0.261 e. The number of benzene rings is 2. The van der Waals surface area contributed by atoms with Crippen LogP contribution in [0.25, 0.3) is 0 Å². The number of hydrogen-bond donors (Lipinski definition) is 0. The van der Waals surface area contributed by atoms with E-state index in [0.29, 0.717) is 29.7 Å². The normalized spacial score (nSPS) is 18.0. The van der Waals surface area contributed by atoms with Crippen molar-refractivity contribution in [2.75, 3.05) is 18.1 Å². The Hall–Kier alpha value is -2.05. The van der Waals surface area contributed by atoms with E-state index in [4.69, 9.17) is 16.3 Å². The van der Waals surface area contributed by atoms with E-state index < -0.39 is 9.84 Å². The van der Waals surface area contributed by atoms with E-state index in [1.165, 1.54) is 5.56 Å². The Morgan fingerprint density at radius 3 is 2.34 bits per heavy atom. The average molecular weight is 436 g/mol. The topological polar surface area (TPSA) is 63.7 Å². The van der Waals surface area contributed by atoms with Crippen molar-refractivity contribution in [3.8, 4) is 5.75 Å². The molecule has 1 unspecified atom stereocenters. The number of carbonyl (C=O) groups excluding carboxylic acids is 1. The van der Waals surface area contributed by atoms with Crippen molar-refractivity contribution in [2.45, 2.75) is 38.8 Å². The molecular weight excluding hydrogens is 410 g/mol. The molecule has 1 heterocycles. The zero-order valence-corrected chi connectivity index (χ0v) is 18.2. The van der Waals surface area contributed by atoms with E-state index >= 15 is 0 Å². The van der Waals surface area contributed by atoms with Gasteiger partial charge in [0.2, 0.25) is 0 Å². The number of rotatable bonds is 7. The van der Waals surface area contributed by atoms with Crippen LogP contribution in [0, 0.1) is 0 Å². The number of halogens is 1. The molecule has 0 aliphatic carbocycles. The summed E-state index contributed by atoms with van der Waals surface area (Å²) in [4.78, 5) is 14.6. The summed E-state index contributed by atoms with van der Waals surface area (Å²) in [7, 11) is -3.11. The van der Waals surface area contributed by atoms with Crippen molar-refractivity contribution in [1.29, 1.82) is 0 Å². The minimum Gasteiger partial charge on any atom is -0.484 e. The number of nitrogens with zero attached hydrogens (tertiary/aromatic N) is 1. The first-order valence-corrected chi connectivity index (χ1v) is 11.9. The Morgan fingerprint density at radius 1 is 1.14 bits per heavy atom. The molecule has 0 radical (unpaired) electrons. The van der Waals surface area contributed by atoms with Crippen LogP contribution >= 0.6 is 11.6 Å². The van der Waals surface area contributed by atoms with Gasteiger partial charge < -0.3 is 9.64 Å². The zero-order chi connectivity index (χ0) is 21.0. The number of sulfone groups is 1. The average Bonchev–Trinajstić information content (AvgIpc) is 3.05. The number of hydrogen-bond acceptors (Lipinski definition) is 4. The summed E-state index contributed by atoms with van der Waals surface area (Å²) < 4.78 is 29.6. The molecule has 156 valence electrons. The molecule has 1 atom stereocenters. The molecule has 5 nitrogen and oxygen atoms in total. The Balaban J connectivity index is 1.70. The summed E-state index contributed by atoms with van der Waals surface area (Å²) in [5, 5.41) is 0.614. The lowest BCUT2D eigenvalue weighted by molar-refractivity contribution is -0.136. The maximum absolute atomic E-state index is 12.9. The fourth-order valence-electron chi connectivity index (χ4n) is 3.41. The molecule has 1 aliphatic rings.